The summed E-state index contributed by atoms with van der Waals surface area (Å²) >= 11 is 0. The summed E-state index contributed by atoms with van der Waals surface area (Å²) in [5.74, 6) is 0.311. The lowest BCUT2D eigenvalue weighted by Gasteiger charge is -2.33. The van der Waals surface area contributed by atoms with Crippen LogP contribution in [-0.2, 0) is 6.54 Å². The third kappa shape index (κ3) is 6.06. The molecule has 0 aliphatic carbocycles. The molecular weight excluding hydrogens is 445 g/mol. The van der Waals surface area contributed by atoms with Gasteiger partial charge in [-0.05, 0) is 67.9 Å². The lowest BCUT2D eigenvalue weighted by molar-refractivity contribution is 0.0979. The van der Waals surface area contributed by atoms with E-state index in [4.69, 9.17) is 9.26 Å². The van der Waals surface area contributed by atoms with Gasteiger partial charge in [0.1, 0.15) is 30.0 Å². The van der Waals surface area contributed by atoms with Gasteiger partial charge < -0.3 is 19.7 Å². The number of halogens is 1. The number of hydrogen-bond donors (Lipinski definition) is 2. The van der Waals surface area contributed by atoms with Crippen LogP contribution in [0.3, 0.4) is 0 Å². The van der Waals surface area contributed by atoms with Crippen molar-refractivity contribution in [3.8, 4) is 17.0 Å². The van der Waals surface area contributed by atoms with Crippen LogP contribution in [0.4, 0.5) is 4.39 Å². The highest BCUT2D eigenvalue weighted by atomic mass is 19.1. The normalized spacial score (nSPS) is 15.9. The average molecular weight is 476 g/mol. The highest BCUT2D eigenvalue weighted by Crippen LogP contribution is 2.29. The zero-order valence-electron chi connectivity index (χ0n) is 19.6. The molecule has 1 aliphatic rings. The van der Waals surface area contributed by atoms with E-state index in [0.29, 0.717) is 29.6 Å². The van der Waals surface area contributed by atoms with Gasteiger partial charge in [0.2, 0.25) is 0 Å². The molecule has 7 heteroatoms. The van der Waals surface area contributed by atoms with Crippen molar-refractivity contribution in [3.63, 3.8) is 0 Å². The number of aromatic nitrogens is 1. The monoisotopic (exact) mass is 475 g/mol. The second kappa shape index (κ2) is 11.0. The fraction of sp³-hybridized carbons (Fsp3) is 0.321. The summed E-state index contributed by atoms with van der Waals surface area (Å²) in [6.07, 6.45) is 1.56. The number of hydrogen-bond acceptors (Lipinski definition) is 6. The number of aliphatic hydroxyl groups is 1. The van der Waals surface area contributed by atoms with Crippen molar-refractivity contribution in [2.75, 3.05) is 26.2 Å². The van der Waals surface area contributed by atoms with Crippen LogP contribution in [0.1, 0.15) is 18.4 Å². The van der Waals surface area contributed by atoms with Crippen LogP contribution >= 0.6 is 0 Å². The number of benzene rings is 3. The lowest BCUT2D eigenvalue weighted by Crippen LogP contribution is -2.45. The molecular formula is C28H30FN3O3. The standard InChI is InChI=1S/C28H30FN3O3/c29-22-8-11-26-27(16-22)35-31-28(26)21-6-9-25(10-7-21)34-19-24(33)17-30-23-12-14-32(15-13-23)18-20-4-2-1-3-5-20/h1-11,16,23-24,30,33H,12-15,17-19H2. The molecule has 1 fully saturated rings. The predicted octanol–water partition coefficient (Wildman–Crippen LogP) is 4.63. The maximum Gasteiger partial charge on any atom is 0.170 e. The number of aliphatic hydroxyl groups excluding tert-OH is 1. The molecule has 1 unspecified atom stereocenters. The van der Waals surface area contributed by atoms with E-state index < -0.39 is 6.10 Å². The topological polar surface area (TPSA) is 70.8 Å². The summed E-state index contributed by atoms with van der Waals surface area (Å²) in [5.41, 5.74) is 3.27. The van der Waals surface area contributed by atoms with E-state index >= 15 is 0 Å². The first-order chi connectivity index (χ1) is 17.1. The van der Waals surface area contributed by atoms with Crippen LogP contribution in [0.25, 0.3) is 22.2 Å². The van der Waals surface area contributed by atoms with E-state index in [0.717, 1.165) is 43.4 Å². The van der Waals surface area contributed by atoms with Crippen molar-refractivity contribution >= 4 is 11.0 Å². The van der Waals surface area contributed by atoms with Gasteiger partial charge in [0, 0.05) is 36.1 Å². The molecule has 0 saturated carbocycles. The van der Waals surface area contributed by atoms with Crippen LogP contribution < -0.4 is 10.1 Å². The van der Waals surface area contributed by atoms with Gasteiger partial charge in [-0.1, -0.05) is 35.5 Å². The minimum atomic E-state index is -0.591. The van der Waals surface area contributed by atoms with Gasteiger partial charge in [0.15, 0.2) is 5.58 Å². The largest absolute Gasteiger partial charge is 0.491 e. The Morgan fingerprint density at radius 2 is 1.83 bits per heavy atom. The van der Waals surface area contributed by atoms with Crippen LogP contribution in [0.5, 0.6) is 5.75 Å². The Kier molecular flexibility index (Phi) is 7.37. The second-order valence-electron chi connectivity index (χ2n) is 9.11. The lowest BCUT2D eigenvalue weighted by atomic mass is 10.0. The quantitative estimate of drug-likeness (QED) is 0.368. The maximum absolute atomic E-state index is 13.4. The van der Waals surface area contributed by atoms with Crippen molar-refractivity contribution in [1.29, 1.82) is 0 Å². The Balaban J connectivity index is 1.04. The van der Waals surface area contributed by atoms with Crippen molar-refractivity contribution in [1.82, 2.24) is 15.4 Å². The second-order valence-corrected chi connectivity index (χ2v) is 9.11. The summed E-state index contributed by atoms with van der Waals surface area (Å²) < 4.78 is 24.4. The number of nitrogens with zero attached hydrogens (tertiary/aromatic N) is 2. The Morgan fingerprint density at radius 1 is 1.06 bits per heavy atom. The SMILES string of the molecule is OC(CNC1CCN(Cc2ccccc2)CC1)COc1ccc(-c2noc3cc(F)ccc23)cc1. The van der Waals surface area contributed by atoms with Crippen LogP contribution in [0.2, 0.25) is 0 Å². The molecule has 5 rings (SSSR count). The van der Waals surface area contributed by atoms with E-state index in [1.165, 1.54) is 17.7 Å². The number of fused-ring (bicyclic) bond motifs is 1. The van der Waals surface area contributed by atoms with Crippen molar-refractivity contribution in [2.24, 2.45) is 0 Å². The zero-order valence-corrected chi connectivity index (χ0v) is 19.6. The molecule has 0 radical (unpaired) electrons. The highest BCUT2D eigenvalue weighted by Gasteiger charge is 2.20. The molecule has 1 saturated heterocycles. The van der Waals surface area contributed by atoms with Crippen molar-refractivity contribution in [3.05, 3.63) is 84.2 Å². The van der Waals surface area contributed by atoms with Crippen molar-refractivity contribution in [2.45, 2.75) is 31.5 Å². The number of piperidine rings is 1. The fourth-order valence-corrected chi connectivity index (χ4v) is 4.52. The Labute approximate surface area is 204 Å². The molecule has 182 valence electrons. The Bertz CT molecular complexity index is 1220. The first-order valence-electron chi connectivity index (χ1n) is 12.1. The molecule has 6 nitrogen and oxygen atoms in total. The average Bonchev–Trinajstić information content (AvgIpc) is 3.31. The van der Waals surface area contributed by atoms with E-state index in [2.05, 4.69) is 39.6 Å². The van der Waals surface area contributed by atoms with Gasteiger partial charge in [-0.2, -0.15) is 0 Å². The molecule has 1 aliphatic heterocycles. The molecule has 2 N–H and O–H groups in total. The van der Waals surface area contributed by atoms with Gasteiger partial charge in [-0.15, -0.1) is 0 Å². The van der Waals surface area contributed by atoms with Crippen LogP contribution in [-0.4, -0.2) is 53.6 Å². The van der Waals surface area contributed by atoms with E-state index in [-0.39, 0.29) is 12.4 Å². The fourth-order valence-electron chi connectivity index (χ4n) is 4.52. The van der Waals surface area contributed by atoms with Crippen molar-refractivity contribution < 1.29 is 18.8 Å². The molecule has 1 aromatic heterocycles. The molecule has 4 aromatic rings. The van der Waals surface area contributed by atoms with Gasteiger partial charge in [-0.3, -0.25) is 4.90 Å². The van der Waals surface area contributed by atoms with Gasteiger partial charge in [0.05, 0.1) is 0 Å². The van der Waals surface area contributed by atoms with E-state index in [1.54, 1.807) is 6.07 Å². The minimum absolute atomic E-state index is 0.214. The molecule has 1 atom stereocenters. The first-order valence-corrected chi connectivity index (χ1v) is 12.1. The molecule has 3 aromatic carbocycles. The molecule has 0 amide bonds. The first kappa shape index (κ1) is 23.5. The number of nitrogens with one attached hydrogen (secondary N) is 1. The Hall–Kier alpha value is -3.26. The molecule has 35 heavy (non-hydrogen) atoms. The maximum atomic E-state index is 13.4. The third-order valence-electron chi connectivity index (χ3n) is 6.48. The highest BCUT2D eigenvalue weighted by molar-refractivity contribution is 5.91. The number of ether oxygens (including phenoxy) is 1. The minimum Gasteiger partial charge on any atom is -0.491 e. The van der Waals surface area contributed by atoms with Gasteiger partial charge in [-0.25, -0.2) is 4.39 Å². The Morgan fingerprint density at radius 3 is 2.60 bits per heavy atom. The van der Waals surface area contributed by atoms with E-state index in [1.807, 2.05) is 30.3 Å². The van der Waals surface area contributed by atoms with Gasteiger partial charge in [0.25, 0.3) is 0 Å². The molecule has 2 heterocycles. The summed E-state index contributed by atoms with van der Waals surface area (Å²) in [4.78, 5) is 2.48. The predicted molar refractivity (Wildman–Crippen MR) is 134 cm³/mol. The summed E-state index contributed by atoms with van der Waals surface area (Å²) in [6, 6.07) is 22.8. The number of likely N-dealkylation sites (tertiary alicyclic amines) is 1. The smallest absolute Gasteiger partial charge is 0.170 e. The van der Waals surface area contributed by atoms with Crippen LogP contribution in [0, 0.1) is 5.82 Å². The zero-order chi connectivity index (χ0) is 24.0. The van der Waals surface area contributed by atoms with Gasteiger partial charge >= 0.3 is 0 Å². The van der Waals surface area contributed by atoms with E-state index in [9.17, 15) is 9.50 Å². The summed E-state index contributed by atoms with van der Waals surface area (Å²) in [7, 11) is 0. The van der Waals surface area contributed by atoms with Crippen LogP contribution in [0.15, 0.2) is 77.3 Å². The summed E-state index contributed by atoms with van der Waals surface area (Å²) in [5, 5.41) is 18.7. The molecule has 0 spiro atoms. The summed E-state index contributed by atoms with van der Waals surface area (Å²) in [6.45, 7) is 3.82. The third-order valence-corrected chi connectivity index (χ3v) is 6.48. The number of rotatable bonds is 9. The molecule has 0 bridgehead atoms.